The van der Waals surface area contributed by atoms with Crippen LogP contribution in [0, 0.1) is 17.1 Å². The van der Waals surface area contributed by atoms with Crippen molar-refractivity contribution in [2.75, 3.05) is 0 Å². The summed E-state index contributed by atoms with van der Waals surface area (Å²) in [5, 5.41) is 8.54. The average molecular weight is 175 g/mol. The van der Waals surface area contributed by atoms with E-state index in [1.54, 1.807) is 6.07 Å². The second kappa shape index (κ2) is 2.67. The minimum Gasteiger partial charge on any atom is -0.294 e. The number of fused-ring (bicyclic) bond motifs is 1. The molecular formula is C10H6FNO. The Morgan fingerprint density at radius 3 is 2.85 bits per heavy atom. The summed E-state index contributed by atoms with van der Waals surface area (Å²) in [5.74, 6) is -0.552. The maximum atomic E-state index is 13.4. The van der Waals surface area contributed by atoms with Crippen LogP contribution in [0.1, 0.15) is 27.9 Å². The lowest BCUT2D eigenvalue weighted by Gasteiger charge is -1.99. The lowest BCUT2D eigenvalue weighted by Crippen LogP contribution is -1.95. The van der Waals surface area contributed by atoms with E-state index in [1.165, 1.54) is 12.1 Å². The molecule has 0 saturated heterocycles. The zero-order valence-corrected chi connectivity index (χ0v) is 6.80. The number of halogens is 1. The van der Waals surface area contributed by atoms with E-state index in [9.17, 15) is 9.18 Å². The predicted octanol–water partition coefficient (Wildman–Crippen LogP) is 1.83. The molecule has 0 amide bonds. The molecule has 1 aromatic carbocycles. The van der Waals surface area contributed by atoms with E-state index in [2.05, 4.69) is 0 Å². The molecule has 0 unspecified atom stereocenters. The molecule has 0 heterocycles. The molecule has 1 aromatic rings. The molecular weight excluding hydrogens is 169 g/mol. The lowest BCUT2D eigenvalue weighted by molar-refractivity contribution is 0.0994. The van der Waals surface area contributed by atoms with E-state index in [0.29, 0.717) is 24.0 Å². The van der Waals surface area contributed by atoms with Gasteiger partial charge in [-0.2, -0.15) is 5.26 Å². The Labute approximate surface area is 74.6 Å². The monoisotopic (exact) mass is 175 g/mol. The molecule has 0 aliphatic heterocycles. The molecule has 0 saturated carbocycles. The van der Waals surface area contributed by atoms with Crippen molar-refractivity contribution in [3.63, 3.8) is 0 Å². The molecule has 0 fully saturated rings. The quantitative estimate of drug-likeness (QED) is 0.603. The van der Waals surface area contributed by atoms with Gasteiger partial charge in [-0.3, -0.25) is 4.79 Å². The van der Waals surface area contributed by atoms with E-state index in [4.69, 9.17) is 5.26 Å². The number of nitriles is 1. The Bertz CT molecular complexity index is 431. The number of Topliss-reactive ketones (excluding diaryl/α,β-unsaturated/α-hetero) is 1. The van der Waals surface area contributed by atoms with Crippen molar-refractivity contribution in [1.29, 1.82) is 5.26 Å². The third-order valence-electron chi connectivity index (χ3n) is 2.27. The highest BCUT2D eigenvalue weighted by atomic mass is 19.1. The molecule has 0 spiro atoms. The topological polar surface area (TPSA) is 40.9 Å². The summed E-state index contributed by atoms with van der Waals surface area (Å²) < 4.78 is 13.4. The van der Waals surface area contributed by atoms with Gasteiger partial charge in [0.15, 0.2) is 5.78 Å². The van der Waals surface area contributed by atoms with Gasteiger partial charge in [0.1, 0.15) is 11.9 Å². The summed E-state index contributed by atoms with van der Waals surface area (Å²) >= 11 is 0. The first kappa shape index (κ1) is 7.93. The normalized spacial score (nSPS) is 14.0. The third kappa shape index (κ3) is 1.03. The lowest BCUT2D eigenvalue weighted by atomic mass is 10.1. The molecule has 13 heavy (non-hydrogen) atoms. The zero-order valence-electron chi connectivity index (χ0n) is 6.80. The van der Waals surface area contributed by atoms with Crippen LogP contribution in [0.15, 0.2) is 12.1 Å². The molecule has 1 aliphatic rings. The number of ketones is 1. The molecule has 64 valence electrons. The summed E-state index contributed by atoms with van der Waals surface area (Å²) in [4.78, 5) is 11.2. The summed E-state index contributed by atoms with van der Waals surface area (Å²) in [6.45, 7) is 0. The van der Waals surface area contributed by atoms with Crippen LogP contribution < -0.4 is 0 Å². The summed E-state index contributed by atoms with van der Waals surface area (Å²) in [6, 6.07) is 4.65. The van der Waals surface area contributed by atoms with Crippen molar-refractivity contribution in [3.05, 3.63) is 34.6 Å². The Balaban J connectivity index is 2.68. The van der Waals surface area contributed by atoms with E-state index in [1.807, 2.05) is 0 Å². The Hall–Kier alpha value is -1.69. The van der Waals surface area contributed by atoms with E-state index in [0.717, 1.165) is 0 Å². The van der Waals surface area contributed by atoms with E-state index < -0.39 is 5.82 Å². The number of carbonyl (C=O) groups excluding carboxylic acids is 1. The number of carbonyl (C=O) groups is 1. The van der Waals surface area contributed by atoms with Gasteiger partial charge in [-0.05, 0) is 18.6 Å². The van der Waals surface area contributed by atoms with Gasteiger partial charge in [-0.25, -0.2) is 4.39 Å². The van der Waals surface area contributed by atoms with Gasteiger partial charge in [-0.1, -0.05) is 0 Å². The van der Waals surface area contributed by atoms with Crippen LogP contribution in [0.3, 0.4) is 0 Å². The minimum atomic E-state index is -0.522. The highest BCUT2D eigenvalue weighted by molar-refractivity contribution is 6.00. The van der Waals surface area contributed by atoms with Gasteiger partial charge in [-0.15, -0.1) is 0 Å². The van der Waals surface area contributed by atoms with E-state index >= 15 is 0 Å². The second-order valence-corrected chi connectivity index (χ2v) is 2.99. The van der Waals surface area contributed by atoms with Crippen molar-refractivity contribution < 1.29 is 9.18 Å². The van der Waals surface area contributed by atoms with Crippen molar-refractivity contribution >= 4 is 5.78 Å². The molecule has 0 aromatic heterocycles. The Morgan fingerprint density at radius 2 is 2.15 bits per heavy atom. The standard InChI is InChI=1S/C10H6FNO/c11-10-6(5-12)1-2-7-8(10)3-4-9(7)13/h1-2H,3-4H2. The van der Waals surface area contributed by atoms with Crippen molar-refractivity contribution in [3.8, 4) is 6.07 Å². The van der Waals surface area contributed by atoms with Crippen LogP contribution in [-0.4, -0.2) is 5.78 Å². The Kier molecular flexibility index (Phi) is 1.63. The van der Waals surface area contributed by atoms with Crippen LogP contribution in [-0.2, 0) is 6.42 Å². The second-order valence-electron chi connectivity index (χ2n) is 2.99. The number of hydrogen-bond acceptors (Lipinski definition) is 2. The van der Waals surface area contributed by atoms with Crippen LogP contribution >= 0.6 is 0 Å². The first-order valence-corrected chi connectivity index (χ1v) is 3.98. The summed E-state index contributed by atoms with van der Waals surface area (Å²) in [6.07, 6.45) is 0.788. The smallest absolute Gasteiger partial charge is 0.163 e. The first-order chi connectivity index (χ1) is 6.24. The average Bonchev–Trinajstić information content (AvgIpc) is 2.50. The van der Waals surface area contributed by atoms with Gasteiger partial charge in [0, 0.05) is 17.5 Å². The van der Waals surface area contributed by atoms with Crippen LogP contribution in [0.25, 0.3) is 0 Å². The molecule has 0 radical (unpaired) electrons. The fraction of sp³-hybridized carbons (Fsp3) is 0.200. The number of benzene rings is 1. The SMILES string of the molecule is N#Cc1ccc2c(c1F)CCC2=O. The van der Waals surface area contributed by atoms with Gasteiger partial charge < -0.3 is 0 Å². The highest BCUT2D eigenvalue weighted by Gasteiger charge is 2.23. The molecule has 3 heteroatoms. The van der Waals surface area contributed by atoms with Gasteiger partial charge in [0.05, 0.1) is 5.56 Å². The van der Waals surface area contributed by atoms with Gasteiger partial charge in [0.2, 0.25) is 0 Å². The van der Waals surface area contributed by atoms with Crippen LogP contribution in [0.2, 0.25) is 0 Å². The number of nitrogens with zero attached hydrogens (tertiary/aromatic N) is 1. The maximum absolute atomic E-state index is 13.4. The molecule has 0 atom stereocenters. The van der Waals surface area contributed by atoms with Crippen molar-refractivity contribution in [2.24, 2.45) is 0 Å². The highest BCUT2D eigenvalue weighted by Crippen LogP contribution is 2.26. The van der Waals surface area contributed by atoms with Gasteiger partial charge >= 0.3 is 0 Å². The van der Waals surface area contributed by atoms with Crippen molar-refractivity contribution in [1.82, 2.24) is 0 Å². The molecule has 2 nitrogen and oxygen atoms in total. The fourth-order valence-corrected chi connectivity index (χ4v) is 1.59. The maximum Gasteiger partial charge on any atom is 0.163 e. The van der Waals surface area contributed by atoms with E-state index in [-0.39, 0.29) is 11.3 Å². The summed E-state index contributed by atoms with van der Waals surface area (Å²) in [7, 11) is 0. The largest absolute Gasteiger partial charge is 0.294 e. The number of hydrogen-bond donors (Lipinski definition) is 0. The van der Waals surface area contributed by atoms with Gasteiger partial charge in [0.25, 0.3) is 0 Å². The zero-order chi connectivity index (χ0) is 9.42. The fourth-order valence-electron chi connectivity index (χ4n) is 1.59. The molecule has 2 rings (SSSR count). The molecule has 0 N–H and O–H groups in total. The minimum absolute atomic E-state index is 0.0217. The van der Waals surface area contributed by atoms with Crippen molar-refractivity contribution in [2.45, 2.75) is 12.8 Å². The molecule has 0 bridgehead atoms. The Morgan fingerprint density at radius 1 is 1.38 bits per heavy atom. The van der Waals surface area contributed by atoms with Crippen LogP contribution in [0.4, 0.5) is 4.39 Å². The third-order valence-corrected chi connectivity index (χ3v) is 2.27. The first-order valence-electron chi connectivity index (χ1n) is 3.98. The van der Waals surface area contributed by atoms with Crippen LogP contribution in [0.5, 0.6) is 0 Å². The molecule has 1 aliphatic carbocycles. The predicted molar refractivity (Wildman–Crippen MR) is 43.8 cm³/mol. The summed E-state index contributed by atoms with van der Waals surface area (Å²) in [5.41, 5.74) is 0.869. The number of rotatable bonds is 0.